The van der Waals surface area contributed by atoms with Crippen molar-refractivity contribution in [2.24, 2.45) is 0 Å². The molecule has 0 aliphatic heterocycles. The van der Waals surface area contributed by atoms with E-state index in [9.17, 15) is 14.4 Å². The van der Waals surface area contributed by atoms with Crippen molar-refractivity contribution in [2.45, 2.75) is 33.3 Å². The summed E-state index contributed by atoms with van der Waals surface area (Å²) in [4.78, 5) is 36.9. The summed E-state index contributed by atoms with van der Waals surface area (Å²) in [5.41, 5.74) is 6.92. The Morgan fingerprint density at radius 3 is 2.53 bits per heavy atom. The first-order valence-corrected chi connectivity index (χ1v) is 10.8. The highest BCUT2D eigenvalue weighted by molar-refractivity contribution is 5.93. The number of hydrogen-bond acceptors (Lipinski definition) is 6. The normalized spacial score (nSPS) is 10.8. The van der Waals surface area contributed by atoms with Crippen LogP contribution in [0.5, 0.6) is 5.75 Å². The van der Waals surface area contributed by atoms with E-state index in [-0.39, 0.29) is 25.2 Å². The second-order valence-corrected chi connectivity index (χ2v) is 7.86. The van der Waals surface area contributed by atoms with Crippen LogP contribution in [0.25, 0.3) is 11.0 Å². The summed E-state index contributed by atoms with van der Waals surface area (Å²) in [6.07, 6.45) is 0.180. The van der Waals surface area contributed by atoms with Gasteiger partial charge in [0, 0.05) is 17.4 Å². The van der Waals surface area contributed by atoms with Crippen LogP contribution < -0.4 is 21.2 Å². The Morgan fingerprint density at radius 1 is 0.941 bits per heavy atom. The van der Waals surface area contributed by atoms with Gasteiger partial charge in [0.05, 0.1) is 0 Å². The van der Waals surface area contributed by atoms with Gasteiger partial charge >= 0.3 is 11.5 Å². The second kappa shape index (κ2) is 10.1. The fraction of sp³-hybridized carbons (Fsp3) is 0.192. The van der Waals surface area contributed by atoms with Gasteiger partial charge in [-0.25, -0.2) is 4.79 Å². The van der Waals surface area contributed by atoms with E-state index >= 15 is 0 Å². The Bertz CT molecular complexity index is 1390. The van der Waals surface area contributed by atoms with E-state index in [1.54, 1.807) is 6.07 Å². The van der Waals surface area contributed by atoms with Crippen LogP contribution in [-0.2, 0) is 17.8 Å². The predicted molar refractivity (Wildman–Crippen MR) is 125 cm³/mol. The molecule has 8 heteroatoms. The molecule has 0 fully saturated rings. The Kier molecular flexibility index (Phi) is 6.77. The number of carbonyl (C=O) groups excluding carboxylic acids is 2. The molecule has 8 nitrogen and oxygen atoms in total. The van der Waals surface area contributed by atoms with Gasteiger partial charge in [0.15, 0.2) is 5.76 Å². The Labute approximate surface area is 195 Å². The molecule has 34 heavy (non-hydrogen) atoms. The molecule has 0 saturated heterocycles. The van der Waals surface area contributed by atoms with E-state index in [1.807, 2.05) is 62.4 Å². The lowest BCUT2D eigenvalue weighted by atomic mass is 10.0. The number of hydrogen-bond donors (Lipinski definition) is 2. The number of ether oxygens (including phenoxy) is 1. The molecule has 2 heterocycles. The molecule has 0 bridgehead atoms. The topological polar surface area (TPSA) is 111 Å². The fourth-order valence-corrected chi connectivity index (χ4v) is 3.53. The van der Waals surface area contributed by atoms with Crippen LogP contribution in [0.2, 0.25) is 0 Å². The predicted octanol–water partition coefficient (Wildman–Crippen LogP) is 3.98. The number of rotatable bonds is 7. The molecule has 2 aromatic carbocycles. The maximum Gasteiger partial charge on any atom is 0.339 e. The highest BCUT2D eigenvalue weighted by atomic mass is 16.5. The average molecular weight is 460 g/mol. The number of carbonyl (C=O) groups is 2. The smallest absolute Gasteiger partial charge is 0.339 e. The van der Waals surface area contributed by atoms with Crippen LogP contribution >= 0.6 is 0 Å². The molecule has 0 aliphatic carbocycles. The van der Waals surface area contributed by atoms with Crippen molar-refractivity contribution < 1.29 is 23.2 Å². The first kappa shape index (κ1) is 22.8. The Hall–Kier alpha value is -4.33. The number of aryl methyl sites for hydroxylation is 2. The SMILES string of the molecule is Cc1ccc2c(C)c(CCC(=O)NNC(=O)c3ccc(COc4ccccc4)o3)c(=O)oc2c1. The monoisotopic (exact) mass is 460 g/mol. The lowest BCUT2D eigenvalue weighted by molar-refractivity contribution is -0.121. The maximum absolute atomic E-state index is 12.4. The molecule has 2 N–H and O–H groups in total. The molecule has 0 aliphatic rings. The van der Waals surface area contributed by atoms with Gasteiger partial charge in [-0.1, -0.05) is 30.3 Å². The number of benzene rings is 2. The van der Waals surface area contributed by atoms with Crippen LogP contribution in [-0.4, -0.2) is 11.8 Å². The molecule has 4 rings (SSSR count). The molecular formula is C26H24N2O6. The van der Waals surface area contributed by atoms with Gasteiger partial charge in [0.1, 0.15) is 23.7 Å². The minimum Gasteiger partial charge on any atom is -0.486 e. The zero-order valence-electron chi connectivity index (χ0n) is 18.8. The van der Waals surface area contributed by atoms with Crippen LogP contribution in [0.1, 0.15) is 39.4 Å². The Morgan fingerprint density at radius 2 is 1.74 bits per heavy atom. The van der Waals surface area contributed by atoms with E-state index < -0.39 is 17.4 Å². The van der Waals surface area contributed by atoms with E-state index in [2.05, 4.69) is 10.9 Å². The minimum absolute atomic E-state index is 0.00241. The van der Waals surface area contributed by atoms with Gasteiger partial charge in [-0.3, -0.25) is 20.4 Å². The molecule has 0 radical (unpaired) electrons. The Balaban J connectivity index is 1.29. The summed E-state index contributed by atoms with van der Waals surface area (Å²) in [6, 6.07) is 18.0. The zero-order valence-corrected chi connectivity index (χ0v) is 18.8. The van der Waals surface area contributed by atoms with Gasteiger partial charge < -0.3 is 13.6 Å². The molecular weight excluding hydrogens is 436 g/mol. The molecule has 0 saturated carbocycles. The quantitative estimate of drug-likeness (QED) is 0.319. The van der Waals surface area contributed by atoms with E-state index in [1.165, 1.54) is 6.07 Å². The molecule has 174 valence electrons. The average Bonchev–Trinajstić information content (AvgIpc) is 3.31. The van der Waals surface area contributed by atoms with Gasteiger partial charge in [0.25, 0.3) is 0 Å². The highest BCUT2D eigenvalue weighted by Gasteiger charge is 2.15. The van der Waals surface area contributed by atoms with Gasteiger partial charge in [-0.05, 0) is 61.7 Å². The third-order valence-electron chi connectivity index (χ3n) is 5.37. The van der Waals surface area contributed by atoms with Crippen LogP contribution in [0.4, 0.5) is 0 Å². The molecule has 2 amide bonds. The summed E-state index contributed by atoms with van der Waals surface area (Å²) < 4.78 is 16.5. The van der Waals surface area contributed by atoms with Crippen molar-refractivity contribution in [1.82, 2.24) is 10.9 Å². The molecule has 0 unspecified atom stereocenters. The molecule has 0 spiro atoms. The van der Waals surface area contributed by atoms with Crippen molar-refractivity contribution in [1.29, 1.82) is 0 Å². The number of furan rings is 1. The largest absolute Gasteiger partial charge is 0.486 e. The van der Waals surface area contributed by atoms with E-state index in [4.69, 9.17) is 13.6 Å². The van der Waals surface area contributed by atoms with Crippen molar-refractivity contribution >= 4 is 22.8 Å². The highest BCUT2D eigenvalue weighted by Crippen LogP contribution is 2.21. The van der Waals surface area contributed by atoms with E-state index in [0.29, 0.717) is 22.7 Å². The standard InChI is InChI=1S/C26H24N2O6/c1-16-8-10-20-17(2)21(26(31)34-23(20)14-16)11-13-24(29)27-28-25(30)22-12-9-19(33-22)15-32-18-6-4-3-5-7-18/h3-10,12,14H,11,13,15H2,1-2H3,(H,27,29)(H,28,30). The number of hydrazine groups is 1. The minimum atomic E-state index is -0.601. The van der Waals surface area contributed by atoms with Crippen molar-refractivity contribution in [2.75, 3.05) is 0 Å². The van der Waals surface area contributed by atoms with Crippen LogP contribution in [0.3, 0.4) is 0 Å². The zero-order chi connectivity index (χ0) is 24.1. The summed E-state index contributed by atoms with van der Waals surface area (Å²) in [5.74, 6) is 0.136. The van der Waals surface area contributed by atoms with Crippen LogP contribution in [0.15, 0.2) is 74.3 Å². The molecule has 0 atom stereocenters. The fourth-order valence-electron chi connectivity index (χ4n) is 3.53. The van der Waals surface area contributed by atoms with Gasteiger partial charge in [-0.2, -0.15) is 0 Å². The number of para-hydroxylation sites is 1. The van der Waals surface area contributed by atoms with Crippen molar-refractivity contribution in [3.63, 3.8) is 0 Å². The van der Waals surface area contributed by atoms with Gasteiger partial charge in [0.2, 0.25) is 5.91 Å². The number of amides is 2. The molecule has 4 aromatic rings. The first-order valence-electron chi connectivity index (χ1n) is 10.8. The number of fused-ring (bicyclic) bond motifs is 1. The van der Waals surface area contributed by atoms with E-state index in [0.717, 1.165) is 16.5 Å². The van der Waals surface area contributed by atoms with Crippen molar-refractivity contribution in [3.05, 3.63) is 99.3 Å². The maximum atomic E-state index is 12.4. The number of nitrogens with one attached hydrogen (secondary N) is 2. The second-order valence-electron chi connectivity index (χ2n) is 7.86. The first-order chi connectivity index (χ1) is 16.4. The van der Waals surface area contributed by atoms with Crippen molar-refractivity contribution in [3.8, 4) is 5.75 Å². The lowest BCUT2D eigenvalue weighted by Gasteiger charge is -2.09. The molecule has 2 aromatic heterocycles. The lowest BCUT2D eigenvalue weighted by Crippen LogP contribution is -2.41. The summed E-state index contributed by atoms with van der Waals surface area (Å²) >= 11 is 0. The summed E-state index contributed by atoms with van der Waals surface area (Å²) in [6.45, 7) is 3.92. The third kappa shape index (κ3) is 5.35. The third-order valence-corrected chi connectivity index (χ3v) is 5.37. The summed E-state index contributed by atoms with van der Waals surface area (Å²) in [5, 5.41) is 0.832. The summed E-state index contributed by atoms with van der Waals surface area (Å²) in [7, 11) is 0. The van der Waals surface area contributed by atoms with Gasteiger partial charge in [-0.15, -0.1) is 0 Å². The van der Waals surface area contributed by atoms with Crippen LogP contribution in [0, 0.1) is 13.8 Å².